The van der Waals surface area contributed by atoms with Gasteiger partial charge in [0.1, 0.15) is 5.60 Å². The lowest BCUT2D eigenvalue weighted by Gasteiger charge is -2.19. The van der Waals surface area contributed by atoms with Gasteiger partial charge in [-0.1, -0.05) is 23.7 Å². The van der Waals surface area contributed by atoms with Crippen molar-refractivity contribution < 1.29 is 19.6 Å². The third-order valence-electron chi connectivity index (χ3n) is 2.43. The molecule has 0 saturated heterocycles. The summed E-state index contributed by atoms with van der Waals surface area (Å²) in [6, 6.07) is 4.74. The van der Waals surface area contributed by atoms with E-state index in [-0.39, 0.29) is 0 Å². The van der Waals surface area contributed by atoms with Gasteiger partial charge >= 0.3 is 13.2 Å². The van der Waals surface area contributed by atoms with Gasteiger partial charge in [0.2, 0.25) is 0 Å². The number of carbonyl (C=O) groups is 1. The fraction of sp³-hybridized carbons (Fsp3) is 0.462. The number of benzene rings is 1. The van der Waals surface area contributed by atoms with Crippen LogP contribution in [0.4, 0.5) is 4.79 Å². The summed E-state index contributed by atoms with van der Waals surface area (Å²) >= 11 is 6.02. The van der Waals surface area contributed by atoms with Crippen molar-refractivity contribution in [3.63, 3.8) is 0 Å². The molecule has 20 heavy (non-hydrogen) atoms. The molecule has 7 heteroatoms. The summed E-state index contributed by atoms with van der Waals surface area (Å²) in [5.74, 6) is 0. The minimum atomic E-state index is -1.54. The summed E-state index contributed by atoms with van der Waals surface area (Å²) in [5, 5.41) is 21.3. The summed E-state index contributed by atoms with van der Waals surface area (Å²) in [5.41, 5.74) is 0.554. The Balaban J connectivity index is 2.54. The standard InChI is InChI=1S/C13H19BClNO4/c1-13(2,3)20-12(17)16-7-6-9-8-10(14(18)19)4-5-11(9)15/h4-5,8,18-19H,6-7H2,1-3H3,(H,16,17). The van der Waals surface area contributed by atoms with Crippen molar-refractivity contribution in [3.05, 3.63) is 28.8 Å². The molecule has 0 radical (unpaired) electrons. The molecular weight excluding hydrogens is 280 g/mol. The first-order chi connectivity index (χ1) is 9.19. The molecule has 1 amide bonds. The van der Waals surface area contributed by atoms with Crippen LogP contribution in [0, 0.1) is 0 Å². The Kier molecular flexibility index (Phi) is 5.86. The molecule has 5 nitrogen and oxygen atoms in total. The molecule has 1 aromatic carbocycles. The Morgan fingerprint density at radius 3 is 2.60 bits per heavy atom. The minimum absolute atomic E-state index is 0.347. The summed E-state index contributed by atoms with van der Waals surface area (Å²) in [4.78, 5) is 11.5. The lowest BCUT2D eigenvalue weighted by molar-refractivity contribution is 0.0528. The van der Waals surface area contributed by atoms with E-state index in [2.05, 4.69) is 5.32 Å². The monoisotopic (exact) mass is 299 g/mol. The van der Waals surface area contributed by atoms with Gasteiger partial charge in [0.15, 0.2) is 0 Å². The molecule has 0 bridgehead atoms. The SMILES string of the molecule is CC(C)(C)OC(=O)NCCc1cc(B(O)O)ccc1Cl. The van der Waals surface area contributed by atoms with E-state index in [0.29, 0.717) is 23.5 Å². The van der Waals surface area contributed by atoms with Crippen LogP contribution >= 0.6 is 11.6 Å². The molecule has 110 valence electrons. The second-order valence-electron chi connectivity index (χ2n) is 5.40. The molecule has 1 rings (SSSR count). The highest BCUT2D eigenvalue weighted by molar-refractivity contribution is 6.58. The second-order valence-corrected chi connectivity index (χ2v) is 5.81. The van der Waals surface area contributed by atoms with E-state index < -0.39 is 18.8 Å². The van der Waals surface area contributed by atoms with Crippen LogP contribution in [0.2, 0.25) is 5.02 Å². The normalized spacial score (nSPS) is 11.1. The Morgan fingerprint density at radius 1 is 1.40 bits per heavy atom. The van der Waals surface area contributed by atoms with E-state index in [1.165, 1.54) is 6.07 Å². The summed E-state index contributed by atoms with van der Waals surface area (Å²) < 4.78 is 5.10. The van der Waals surface area contributed by atoms with Gasteiger partial charge in [-0.25, -0.2) is 4.79 Å². The molecular formula is C13H19BClNO4. The average molecular weight is 300 g/mol. The number of rotatable bonds is 4. The highest BCUT2D eigenvalue weighted by Gasteiger charge is 2.16. The van der Waals surface area contributed by atoms with Gasteiger partial charge in [0.05, 0.1) is 0 Å². The second kappa shape index (κ2) is 6.97. The van der Waals surface area contributed by atoms with Gasteiger partial charge < -0.3 is 20.1 Å². The fourth-order valence-corrected chi connectivity index (χ4v) is 1.77. The number of alkyl carbamates (subject to hydrolysis) is 1. The van der Waals surface area contributed by atoms with Gasteiger partial charge in [0, 0.05) is 11.6 Å². The van der Waals surface area contributed by atoms with E-state index >= 15 is 0 Å². The fourth-order valence-electron chi connectivity index (χ4n) is 1.56. The van der Waals surface area contributed by atoms with Crippen LogP contribution < -0.4 is 10.8 Å². The molecule has 0 atom stereocenters. The zero-order chi connectivity index (χ0) is 15.3. The van der Waals surface area contributed by atoms with Gasteiger partial charge in [-0.15, -0.1) is 0 Å². The van der Waals surface area contributed by atoms with Crippen molar-refractivity contribution in [2.45, 2.75) is 32.8 Å². The Hall–Kier alpha value is -1.24. The smallest absolute Gasteiger partial charge is 0.444 e. The molecule has 0 spiro atoms. The largest absolute Gasteiger partial charge is 0.488 e. The van der Waals surface area contributed by atoms with E-state index in [4.69, 9.17) is 26.4 Å². The third-order valence-corrected chi connectivity index (χ3v) is 2.80. The van der Waals surface area contributed by atoms with E-state index in [0.717, 1.165) is 5.56 Å². The summed E-state index contributed by atoms with van der Waals surface area (Å²) in [6.07, 6.45) is -0.0227. The van der Waals surface area contributed by atoms with E-state index in [1.807, 2.05) is 0 Å². The van der Waals surface area contributed by atoms with Crippen LogP contribution in [0.25, 0.3) is 0 Å². The number of ether oxygens (including phenoxy) is 1. The molecule has 3 N–H and O–H groups in total. The van der Waals surface area contributed by atoms with Crippen LogP contribution in [0.15, 0.2) is 18.2 Å². The van der Waals surface area contributed by atoms with Crippen LogP contribution in [-0.4, -0.2) is 35.4 Å². The first-order valence-electron chi connectivity index (χ1n) is 6.30. The van der Waals surface area contributed by atoms with Gasteiger partial charge in [0.25, 0.3) is 0 Å². The predicted octanol–water partition coefficient (Wildman–Crippen LogP) is 1.09. The minimum Gasteiger partial charge on any atom is -0.444 e. The Morgan fingerprint density at radius 2 is 2.05 bits per heavy atom. The maximum absolute atomic E-state index is 11.5. The number of hydrogen-bond acceptors (Lipinski definition) is 4. The van der Waals surface area contributed by atoms with E-state index in [9.17, 15) is 4.79 Å². The van der Waals surface area contributed by atoms with Gasteiger partial charge in [-0.3, -0.25) is 0 Å². The lowest BCUT2D eigenvalue weighted by atomic mass is 9.79. The van der Waals surface area contributed by atoms with Crippen LogP contribution in [-0.2, 0) is 11.2 Å². The molecule has 0 aliphatic rings. The van der Waals surface area contributed by atoms with Crippen molar-refractivity contribution in [1.29, 1.82) is 0 Å². The van der Waals surface area contributed by atoms with Crippen LogP contribution in [0.3, 0.4) is 0 Å². The van der Waals surface area contributed by atoms with Crippen molar-refractivity contribution in [1.82, 2.24) is 5.32 Å². The Labute approximate surface area is 124 Å². The third kappa shape index (κ3) is 5.82. The van der Waals surface area contributed by atoms with Crippen LogP contribution in [0.5, 0.6) is 0 Å². The number of amides is 1. The number of nitrogens with one attached hydrogen (secondary N) is 1. The zero-order valence-corrected chi connectivity index (χ0v) is 12.6. The molecule has 0 saturated carbocycles. The number of carbonyl (C=O) groups excluding carboxylic acids is 1. The lowest BCUT2D eigenvalue weighted by Crippen LogP contribution is -2.34. The molecule has 0 aliphatic carbocycles. The first kappa shape index (κ1) is 16.8. The van der Waals surface area contributed by atoms with Gasteiger partial charge in [-0.05, 0) is 44.3 Å². The number of hydrogen-bond donors (Lipinski definition) is 3. The highest BCUT2D eigenvalue weighted by Crippen LogP contribution is 2.14. The van der Waals surface area contributed by atoms with Crippen LogP contribution in [0.1, 0.15) is 26.3 Å². The average Bonchev–Trinajstić information content (AvgIpc) is 2.28. The first-order valence-corrected chi connectivity index (χ1v) is 6.68. The maximum atomic E-state index is 11.5. The van der Waals surface area contributed by atoms with Crippen molar-refractivity contribution >= 4 is 30.3 Å². The summed E-state index contributed by atoms with van der Waals surface area (Å²) in [7, 11) is -1.54. The Bertz CT molecular complexity index is 474. The summed E-state index contributed by atoms with van der Waals surface area (Å²) in [6.45, 7) is 5.71. The van der Waals surface area contributed by atoms with Crippen molar-refractivity contribution in [3.8, 4) is 0 Å². The number of halogens is 1. The molecule has 0 fully saturated rings. The molecule has 0 unspecified atom stereocenters. The molecule has 1 aromatic rings. The maximum Gasteiger partial charge on any atom is 0.488 e. The van der Waals surface area contributed by atoms with E-state index in [1.54, 1.807) is 32.9 Å². The topological polar surface area (TPSA) is 78.8 Å². The van der Waals surface area contributed by atoms with Crippen molar-refractivity contribution in [2.24, 2.45) is 0 Å². The highest BCUT2D eigenvalue weighted by atomic mass is 35.5. The molecule has 0 aliphatic heterocycles. The predicted molar refractivity (Wildman–Crippen MR) is 79.2 cm³/mol. The quantitative estimate of drug-likeness (QED) is 0.727. The van der Waals surface area contributed by atoms with Crippen molar-refractivity contribution in [2.75, 3.05) is 6.54 Å². The van der Waals surface area contributed by atoms with Gasteiger partial charge in [-0.2, -0.15) is 0 Å². The zero-order valence-electron chi connectivity index (χ0n) is 11.8. The molecule has 0 aromatic heterocycles. The molecule has 0 heterocycles.